The Morgan fingerprint density at radius 3 is 2.89 bits per heavy atom. The van der Waals surface area contributed by atoms with E-state index < -0.39 is 0 Å². The molecule has 4 rings (SSSR count). The van der Waals surface area contributed by atoms with E-state index in [1.165, 1.54) is 30.4 Å². The van der Waals surface area contributed by atoms with Gasteiger partial charge in [0.05, 0.1) is 6.20 Å². The molecule has 1 aliphatic carbocycles. The van der Waals surface area contributed by atoms with E-state index in [0.29, 0.717) is 30.5 Å². The van der Waals surface area contributed by atoms with Crippen LogP contribution in [-0.4, -0.2) is 29.7 Å². The molecule has 1 aliphatic heterocycles. The van der Waals surface area contributed by atoms with Crippen molar-refractivity contribution in [3.8, 4) is 5.75 Å². The minimum atomic E-state index is -0.0250. The molecule has 0 bridgehead atoms. The number of nitrogens with zero attached hydrogens (tertiary/aromatic N) is 1. The fraction of sp³-hybridized carbons (Fsp3) is 0.500. The number of hydrogen-bond acceptors (Lipinski definition) is 5. The van der Waals surface area contributed by atoms with Crippen molar-refractivity contribution in [1.29, 1.82) is 0 Å². The van der Waals surface area contributed by atoms with E-state index in [1.807, 2.05) is 24.4 Å². The third kappa shape index (κ3) is 4.49. The van der Waals surface area contributed by atoms with Crippen LogP contribution in [0.1, 0.15) is 43.2 Å². The van der Waals surface area contributed by atoms with Crippen LogP contribution in [0.5, 0.6) is 5.75 Å². The van der Waals surface area contributed by atoms with Gasteiger partial charge in [-0.05, 0) is 61.6 Å². The minimum Gasteiger partial charge on any atom is -0.490 e. The largest absolute Gasteiger partial charge is 0.490 e. The molecule has 2 heterocycles. The van der Waals surface area contributed by atoms with Crippen molar-refractivity contribution >= 4 is 0 Å². The molecule has 0 amide bonds. The molecular formula is C22H30N4O. The summed E-state index contributed by atoms with van der Waals surface area (Å²) < 4.78 is 5.97. The highest BCUT2D eigenvalue weighted by molar-refractivity contribution is 5.27. The number of ether oxygens (including phenoxy) is 1. The fourth-order valence-electron chi connectivity index (χ4n) is 4.50. The van der Waals surface area contributed by atoms with Crippen molar-refractivity contribution in [3.05, 3.63) is 59.9 Å². The van der Waals surface area contributed by atoms with Crippen molar-refractivity contribution in [2.75, 3.05) is 6.61 Å². The maximum absolute atomic E-state index is 6.25. The first kappa shape index (κ1) is 18.4. The summed E-state index contributed by atoms with van der Waals surface area (Å²) in [6, 6.07) is 13.6. The predicted molar refractivity (Wildman–Crippen MR) is 107 cm³/mol. The Labute approximate surface area is 161 Å². The summed E-state index contributed by atoms with van der Waals surface area (Å²) in [5, 5.41) is 0. The second-order valence-electron chi connectivity index (χ2n) is 8.07. The third-order valence-corrected chi connectivity index (χ3v) is 6.05. The second-order valence-corrected chi connectivity index (χ2v) is 8.07. The van der Waals surface area contributed by atoms with Crippen LogP contribution in [0.4, 0.5) is 0 Å². The monoisotopic (exact) mass is 366 g/mol. The van der Waals surface area contributed by atoms with Gasteiger partial charge in [0, 0.05) is 24.3 Å². The van der Waals surface area contributed by atoms with Crippen molar-refractivity contribution < 1.29 is 4.74 Å². The highest BCUT2D eigenvalue weighted by atomic mass is 16.5. The number of aromatic nitrogens is 1. The molecule has 0 radical (unpaired) electrons. The zero-order valence-electron chi connectivity index (χ0n) is 16.0. The Morgan fingerprint density at radius 1 is 1.19 bits per heavy atom. The Balaban J connectivity index is 1.34. The van der Waals surface area contributed by atoms with Gasteiger partial charge in [-0.3, -0.25) is 15.8 Å². The summed E-state index contributed by atoms with van der Waals surface area (Å²) in [7, 11) is 0. The number of nitrogens with two attached hydrogens (primary N) is 1. The molecule has 5 nitrogen and oxygen atoms in total. The van der Waals surface area contributed by atoms with Gasteiger partial charge in [0.2, 0.25) is 0 Å². The van der Waals surface area contributed by atoms with Gasteiger partial charge in [-0.2, -0.15) is 0 Å². The van der Waals surface area contributed by atoms with Crippen molar-refractivity contribution in [1.82, 2.24) is 15.8 Å². The molecule has 5 atom stereocenters. The van der Waals surface area contributed by atoms with Gasteiger partial charge in [-0.25, -0.2) is 0 Å². The minimum absolute atomic E-state index is 0.0250. The van der Waals surface area contributed by atoms with E-state index in [0.717, 1.165) is 12.2 Å². The van der Waals surface area contributed by atoms with E-state index in [9.17, 15) is 0 Å². The van der Waals surface area contributed by atoms with Crippen LogP contribution in [0.25, 0.3) is 0 Å². The van der Waals surface area contributed by atoms with E-state index in [1.54, 1.807) is 6.20 Å². The topological polar surface area (TPSA) is 72.2 Å². The molecular weight excluding hydrogens is 336 g/mol. The van der Waals surface area contributed by atoms with E-state index in [-0.39, 0.29) is 6.04 Å². The third-order valence-electron chi connectivity index (χ3n) is 6.05. The lowest BCUT2D eigenvalue weighted by Crippen LogP contribution is -2.34. The van der Waals surface area contributed by atoms with Crippen molar-refractivity contribution in [3.63, 3.8) is 0 Å². The van der Waals surface area contributed by atoms with Crippen LogP contribution in [-0.2, 0) is 6.42 Å². The molecule has 4 unspecified atom stereocenters. The summed E-state index contributed by atoms with van der Waals surface area (Å²) >= 11 is 0. The average molecular weight is 367 g/mol. The van der Waals surface area contributed by atoms with Gasteiger partial charge in [0.25, 0.3) is 0 Å². The van der Waals surface area contributed by atoms with Crippen molar-refractivity contribution in [2.24, 2.45) is 11.7 Å². The van der Waals surface area contributed by atoms with Crippen LogP contribution < -0.4 is 21.3 Å². The summed E-state index contributed by atoms with van der Waals surface area (Å²) in [6.07, 6.45) is 8.22. The summed E-state index contributed by atoms with van der Waals surface area (Å²) in [5.74, 6) is 2.07. The molecule has 144 valence electrons. The molecule has 2 aromatic rings. The maximum Gasteiger partial charge on any atom is 0.137 e. The van der Waals surface area contributed by atoms with Gasteiger partial charge >= 0.3 is 0 Å². The Kier molecular flexibility index (Phi) is 5.72. The summed E-state index contributed by atoms with van der Waals surface area (Å²) in [5.41, 5.74) is 15.6. The highest BCUT2D eigenvalue weighted by Gasteiger charge is 2.38. The summed E-state index contributed by atoms with van der Waals surface area (Å²) in [6.45, 7) is 2.77. The fourth-order valence-corrected chi connectivity index (χ4v) is 4.50. The first-order valence-corrected chi connectivity index (χ1v) is 10.1. The molecule has 2 aliphatic rings. The van der Waals surface area contributed by atoms with Crippen LogP contribution >= 0.6 is 0 Å². The Morgan fingerprint density at radius 2 is 2.04 bits per heavy atom. The van der Waals surface area contributed by atoms with Gasteiger partial charge in [0.1, 0.15) is 12.4 Å². The lowest BCUT2D eigenvalue weighted by Gasteiger charge is -2.32. The van der Waals surface area contributed by atoms with Crippen LogP contribution in [0, 0.1) is 5.92 Å². The number of fused-ring (bicyclic) bond motifs is 1. The quantitative estimate of drug-likeness (QED) is 0.733. The smallest absolute Gasteiger partial charge is 0.137 e. The predicted octanol–water partition coefficient (Wildman–Crippen LogP) is 2.78. The first-order chi connectivity index (χ1) is 13.2. The molecule has 1 saturated heterocycles. The van der Waals surface area contributed by atoms with Crippen LogP contribution in [0.3, 0.4) is 0 Å². The van der Waals surface area contributed by atoms with E-state index in [4.69, 9.17) is 10.5 Å². The molecule has 5 heteroatoms. The van der Waals surface area contributed by atoms with E-state index >= 15 is 0 Å². The molecule has 4 N–H and O–H groups in total. The zero-order chi connectivity index (χ0) is 18.6. The normalized spacial score (nSPS) is 28.5. The number of rotatable bonds is 6. The Bertz CT molecular complexity index is 738. The lowest BCUT2D eigenvalue weighted by molar-refractivity contribution is 0.276. The highest BCUT2D eigenvalue weighted by Crippen LogP contribution is 2.39. The average Bonchev–Trinajstić information content (AvgIpc) is 3.08. The van der Waals surface area contributed by atoms with Crippen LogP contribution in [0.15, 0.2) is 48.8 Å². The molecule has 27 heavy (non-hydrogen) atoms. The number of nitrogens with one attached hydrogen (secondary N) is 2. The zero-order valence-corrected chi connectivity index (χ0v) is 16.0. The SMILES string of the molecule is CC1NNC2CCC(c3cncc(OC[C@@H](N)Cc4ccccc4)c3)CC12. The second kappa shape index (κ2) is 8.38. The summed E-state index contributed by atoms with van der Waals surface area (Å²) in [4.78, 5) is 4.43. The van der Waals surface area contributed by atoms with Gasteiger partial charge < -0.3 is 10.5 Å². The molecule has 0 spiro atoms. The molecule has 2 fully saturated rings. The number of pyridine rings is 1. The maximum atomic E-state index is 6.25. The van der Waals surface area contributed by atoms with Crippen LogP contribution in [0.2, 0.25) is 0 Å². The van der Waals surface area contributed by atoms with Gasteiger partial charge in [-0.15, -0.1) is 0 Å². The Hall–Kier alpha value is -1.95. The number of hydrazine groups is 1. The van der Waals surface area contributed by atoms with Crippen molar-refractivity contribution in [2.45, 2.75) is 56.7 Å². The van der Waals surface area contributed by atoms with E-state index in [2.05, 4.69) is 41.0 Å². The number of hydrogen-bond donors (Lipinski definition) is 3. The number of benzene rings is 1. The molecule has 1 saturated carbocycles. The standard InChI is InChI=1S/C22H30N4O/c1-15-21-11-17(7-8-22(21)26-25-15)18-10-20(13-24-12-18)27-14-19(23)9-16-5-3-2-4-6-16/h2-6,10,12-13,15,17,19,21-22,25-26H,7-9,11,14,23H2,1H3/t15?,17?,19-,21?,22?/m0/s1. The molecule has 1 aromatic heterocycles. The van der Waals surface area contributed by atoms with Gasteiger partial charge in [0.15, 0.2) is 0 Å². The van der Waals surface area contributed by atoms with Gasteiger partial charge in [-0.1, -0.05) is 30.3 Å². The lowest BCUT2D eigenvalue weighted by atomic mass is 9.74. The molecule has 1 aromatic carbocycles. The first-order valence-electron chi connectivity index (χ1n) is 10.1.